The number of piperazine rings is 1. The number of amides is 3. The van der Waals surface area contributed by atoms with Gasteiger partial charge in [-0.1, -0.05) is 55.5 Å². The maximum atomic E-state index is 12.8. The second-order valence-corrected chi connectivity index (χ2v) is 7.48. The number of hydrogen-bond donors (Lipinski definition) is 2. The molecule has 1 aliphatic rings. The number of anilines is 1. The van der Waals surface area contributed by atoms with Crippen molar-refractivity contribution in [2.24, 2.45) is 0 Å². The summed E-state index contributed by atoms with van der Waals surface area (Å²) in [4.78, 5) is 28.8. The molecule has 1 fully saturated rings. The van der Waals surface area contributed by atoms with Gasteiger partial charge in [0, 0.05) is 37.8 Å². The Labute approximate surface area is 172 Å². The molecular weight excluding hydrogens is 364 g/mol. The number of carbonyl (C=O) groups is 2. The third kappa shape index (κ3) is 5.81. The average Bonchev–Trinajstić information content (AvgIpc) is 2.75. The van der Waals surface area contributed by atoms with Gasteiger partial charge in [-0.2, -0.15) is 0 Å². The Hall–Kier alpha value is -2.86. The lowest BCUT2D eigenvalue weighted by molar-refractivity contribution is -0.123. The van der Waals surface area contributed by atoms with E-state index in [1.54, 1.807) is 0 Å². The van der Waals surface area contributed by atoms with Crippen molar-refractivity contribution in [3.05, 3.63) is 54.6 Å². The average molecular weight is 395 g/mol. The molecule has 0 bridgehead atoms. The topological polar surface area (TPSA) is 64.7 Å². The highest BCUT2D eigenvalue weighted by molar-refractivity contribution is 5.94. The zero-order valence-corrected chi connectivity index (χ0v) is 17.2. The summed E-state index contributed by atoms with van der Waals surface area (Å²) in [6.45, 7) is 7.05. The number of benzene rings is 2. The predicted molar refractivity (Wildman–Crippen MR) is 117 cm³/mol. The highest BCUT2D eigenvalue weighted by atomic mass is 16.2. The van der Waals surface area contributed by atoms with Crippen LogP contribution in [0.2, 0.25) is 0 Å². The molecule has 2 aromatic rings. The zero-order chi connectivity index (χ0) is 20.6. The van der Waals surface area contributed by atoms with Crippen molar-refractivity contribution in [3.8, 4) is 11.1 Å². The summed E-state index contributed by atoms with van der Waals surface area (Å²) in [7, 11) is 0. The minimum absolute atomic E-state index is 0.0500. The quantitative estimate of drug-likeness (QED) is 0.789. The van der Waals surface area contributed by atoms with Gasteiger partial charge in [-0.15, -0.1) is 0 Å². The van der Waals surface area contributed by atoms with Crippen molar-refractivity contribution in [3.63, 3.8) is 0 Å². The molecule has 6 heteroatoms. The van der Waals surface area contributed by atoms with Gasteiger partial charge >= 0.3 is 6.03 Å². The van der Waals surface area contributed by atoms with Gasteiger partial charge in [-0.3, -0.25) is 9.69 Å². The summed E-state index contributed by atoms with van der Waals surface area (Å²) in [6.07, 6.45) is 0.921. The molecule has 0 radical (unpaired) electrons. The molecule has 0 saturated carbocycles. The van der Waals surface area contributed by atoms with Crippen LogP contribution in [0, 0.1) is 0 Å². The molecule has 1 unspecified atom stereocenters. The van der Waals surface area contributed by atoms with Crippen molar-refractivity contribution in [1.82, 2.24) is 15.1 Å². The summed E-state index contributed by atoms with van der Waals surface area (Å²) in [5.41, 5.74) is 2.88. The molecule has 154 valence electrons. The number of urea groups is 1. The molecule has 0 spiro atoms. The van der Waals surface area contributed by atoms with Crippen LogP contribution < -0.4 is 10.6 Å². The monoisotopic (exact) mass is 394 g/mol. The fraction of sp³-hybridized carbons (Fsp3) is 0.391. The van der Waals surface area contributed by atoms with Gasteiger partial charge in [0.05, 0.1) is 12.2 Å². The first-order valence-electron chi connectivity index (χ1n) is 10.3. The summed E-state index contributed by atoms with van der Waals surface area (Å²) in [5, 5.41) is 6.05. The highest BCUT2D eigenvalue weighted by Crippen LogP contribution is 2.27. The van der Waals surface area contributed by atoms with Crippen LogP contribution in [0.15, 0.2) is 54.6 Å². The first-order valence-corrected chi connectivity index (χ1v) is 10.3. The maximum absolute atomic E-state index is 12.8. The molecule has 3 amide bonds. The normalized spacial score (nSPS) is 15.6. The van der Waals surface area contributed by atoms with Crippen LogP contribution in [0.3, 0.4) is 0 Å². The molecule has 2 N–H and O–H groups in total. The van der Waals surface area contributed by atoms with E-state index in [0.29, 0.717) is 32.7 Å². The van der Waals surface area contributed by atoms with Gasteiger partial charge in [0.1, 0.15) is 0 Å². The van der Waals surface area contributed by atoms with E-state index in [0.717, 1.165) is 23.2 Å². The summed E-state index contributed by atoms with van der Waals surface area (Å²) < 4.78 is 0. The fourth-order valence-corrected chi connectivity index (χ4v) is 3.39. The molecule has 0 aromatic heterocycles. The molecular formula is C23H30N4O2. The summed E-state index contributed by atoms with van der Waals surface area (Å²) in [6, 6.07) is 18.0. The van der Waals surface area contributed by atoms with Crippen molar-refractivity contribution >= 4 is 17.6 Å². The lowest BCUT2D eigenvalue weighted by Gasteiger charge is -2.34. The number of nitrogens with zero attached hydrogens (tertiary/aromatic N) is 2. The zero-order valence-electron chi connectivity index (χ0n) is 17.2. The summed E-state index contributed by atoms with van der Waals surface area (Å²) in [5.74, 6) is 0.0500. The van der Waals surface area contributed by atoms with E-state index in [-0.39, 0.29) is 18.0 Å². The smallest absolute Gasteiger partial charge is 0.321 e. The van der Waals surface area contributed by atoms with Crippen LogP contribution >= 0.6 is 0 Å². The van der Waals surface area contributed by atoms with E-state index in [2.05, 4.69) is 22.5 Å². The molecule has 1 atom stereocenters. The Morgan fingerprint density at radius 3 is 2.31 bits per heavy atom. The standard InChI is InChI=1S/C23H30N4O2/c1-3-18(2)24-22(28)17-26-13-15-27(16-14-26)23(29)25-21-12-8-7-11-20(21)19-9-5-4-6-10-19/h4-12,18H,3,13-17H2,1-2H3,(H,24,28)(H,25,29). The molecule has 0 aliphatic carbocycles. The minimum atomic E-state index is -0.0999. The third-order valence-corrected chi connectivity index (χ3v) is 5.30. The lowest BCUT2D eigenvalue weighted by atomic mass is 10.0. The number of rotatable bonds is 6. The van der Waals surface area contributed by atoms with E-state index in [1.165, 1.54) is 0 Å². The minimum Gasteiger partial charge on any atom is -0.353 e. The third-order valence-electron chi connectivity index (χ3n) is 5.30. The Morgan fingerprint density at radius 1 is 0.966 bits per heavy atom. The Balaban J connectivity index is 1.54. The van der Waals surface area contributed by atoms with Crippen molar-refractivity contribution in [2.45, 2.75) is 26.3 Å². The van der Waals surface area contributed by atoms with Gasteiger partial charge in [-0.05, 0) is 25.0 Å². The number of nitrogens with one attached hydrogen (secondary N) is 2. The van der Waals surface area contributed by atoms with E-state index in [4.69, 9.17) is 0 Å². The van der Waals surface area contributed by atoms with Gasteiger partial charge in [0.15, 0.2) is 0 Å². The SMILES string of the molecule is CCC(C)NC(=O)CN1CCN(C(=O)Nc2ccccc2-c2ccccc2)CC1. The van der Waals surface area contributed by atoms with Crippen molar-refractivity contribution in [2.75, 3.05) is 38.0 Å². The number of para-hydroxylation sites is 1. The van der Waals surface area contributed by atoms with Crippen LogP contribution in [0.4, 0.5) is 10.5 Å². The maximum Gasteiger partial charge on any atom is 0.321 e. The Morgan fingerprint density at radius 2 is 1.62 bits per heavy atom. The van der Waals surface area contributed by atoms with Gasteiger partial charge < -0.3 is 15.5 Å². The molecule has 6 nitrogen and oxygen atoms in total. The Kier molecular flexibility index (Phi) is 7.25. The second kappa shape index (κ2) is 10.1. The van der Waals surface area contributed by atoms with E-state index < -0.39 is 0 Å². The molecule has 1 aliphatic heterocycles. The first kappa shape index (κ1) is 20.9. The lowest BCUT2D eigenvalue weighted by Crippen LogP contribution is -2.52. The molecule has 1 saturated heterocycles. The first-order chi connectivity index (χ1) is 14.1. The van der Waals surface area contributed by atoms with Crippen LogP contribution in [-0.2, 0) is 4.79 Å². The van der Waals surface area contributed by atoms with Crippen LogP contribution in [0.5, 0.6) is 0 Å². The van der Waals surface area contributed by atoms with E-state index >= 15 is 0 Å². The van der Waals surface area contributed by atoms with Gasteiger partial charge in [0.25, 0.3) is 0 Å². The molecule has 29 heavy (non-hydrogen) atoms. The van der Waals surface area contributed by atoms with Crippen LogP contribution in [0.1, 0.15) is 20.3 Å². The van der Waals surface area contributed by atoms with E-state index in [9.17, 15) is 9.59 Å². The number of carbonyl (C=O) groups excluding carboxylic acids is 2. The van der Waals surface area contributed by atoms with Crippen LogP contribution in [-0.4, -0.2) is 60.5 Å². The molecule has 3 rings (SSSR count). The predicted octanol–water partition coefficient (Wildman–Crippen LogP) is 3.42. The molecule has 1 heterocycles. The largest absolute Gasteiger partial charge is 0.353 e. The highest BCUT2D eigenvalue weighted by Gasteiger charge is 2.23. The van der Waals surface area contributed by atoms with Crippen molar-refractivity contribution in [1.29, 1.82) is 0 Å². The van der Waals surface area contributed by atoms with Crippen LogP contribution in [0.25, 0.3) is 11.1 Å². The number of hydrogen-bond acceptors (Lipinski definition) is 3. The Bertz CT molecular complexity index is 817. The van der Waals surface area contributed by atoms with Gasteiger partial charge in [0.2, 0.25) is 5.91 Å². The summed E-state index contributed by atoms with van der Waals surface area (Å²) >= 11 is 0. The second-order valence-electron chi connectivity index (χ2n) is 7.48. The fourth-order valence-electron chi connectivity index (χ4n) is 3.39. The van der Waals surface area contributed by atoms with Crippen molar-refractivity contribution < 1.29 is 9.59 Å². The van der Waals surface area contributed by atoms with E-state index in [1.807, 2.05) is 66.4 Å². The van der Waals surface area contributed by atoms with Gasteiger partial charge in [-0.25, -0.2) is 4.79 Å². The molecule has 2 aromatic carbocycles.